The van der Waals surface area contributed by atoms with Crippen LogP contribution in [-0.4, -0.2) is 21.7 Å². The minimum atomic E-state index is -0.195. The molecule has 0 fully saturated rings. The van der Waals surface area contributed by atoms with Crippen LogP contribution >= 0.6 is 0 Å². The largest absolute Gasteiger partial charge is 0.558 e. The summed E-state index contributed by atoms with van der Waals surface area (Å²) < 4.78 is 23.0. The van der Waals surface area contributed by atoms with E-state index in [1.807, 2.05) is 60.7 Å². The van der Waals surface area contributed by atoms with Gasteiger partial charge in [-0.1, -0.05) is 126 Å². The second-order valence-electron chi connectivity index (χ2n) is 14.9. The maximum absolute atomic E-state index is 6.25. The average Bonchev–Trinajstić information content (AvgIpc) is 3.18. The molecular formula is C47H48BO4. The van der Waals surface area contributed by atoms with Crippen molar-refractivity contribution in [2.45, 2.75) is 57.8 Å². The third-order valence-corrected chi connectivity index (χ3v) is 10.6. The van der Waals surface area contributed by atoms with Gasteiger partial charge in [-0.3, -0.25) is 0 Å². The van der Waals surface area contributed by atoms with Crippen molar-refractivity contribution in [3.63, 3.8) is 0 Å². The van der Waals surface area contributed by atoms with Gasteiger partial charge in [0, 0.05) is 16.2 Å². The van der Waals surface area contributed by atoms with Crippen LogP contribution < -0.4 is 24.3 Å². The molecule has 1 radical (unpaired) electrons. The smallest absolute Gasteiger partial charge is 0.408 e. The zero-order chi connectivity index (χ0) is 36.9. The molecule has 52 heavy (non-hydrogen) atoms. The molecule has 0 saturated heterocycles. The van der Waals surface area contributed by atoms with Crippen LogP contribution in [0.3, 0.4) is 0 Å². The Kier molecular flexibility index (Phi) is 10.5. The van der Waals surface area contributed by atoms with Crippen molar-refractivity contribution in [2.24, 2.45) is 0 Å². The highest BCUT2D eigenvalue weighted by atomic mass is 16.5. The van der Waals surface area contributed by atoms with Crippen LogP contribution in [0.25, 0.3) is 0 Å². The Balaban J connectivity index is 1.04. The molecule has 6 aromatic rings. The van der Waals surface area contributed by atoms with E-state index in [0.29, 0.717) is 0 Å². The van der Waals surface area contributed by atoms with Gasteiger partial charge in [-0.25, -0.2) is 0 Å². The topological polar surface area (TPSA) is 36.9 Å². The first-order chi connectivity index (χ1) is 24.9. The van der Waals surface area contributed by atoms with E-state index >= 15 is 0 Å². The lowest BCUT2D eigenvalue weighted by atomic mass is 9.76. The van der Waals surface area contributed by atoms with Crippen LogP contribution in [0.4, 0.5) is 0 Å². The Morgan fingerprint density at radius 2 is 0.577 bits per heavy atom. The molecule has 263 valence electrons. The molecule has 0 N–H and O–H groups in total. The molecule has 0 heterocycles. The van der Waals surface area contributed by atoms with Gasteiger partial charge in [0.15, 0.2) is 0 Å². The van der Waals surface area contributed by atoms with E-state index in [4.69, 9.17) is 18.9 Å². The SMILES string of the molecule is COc1ccc(C(C)(C)c2ccc(O[B]c3ccc(C(C)(C)c4ccc(Oc5ccc(C(C)(C)c6ccc(OC)cc6)cc5)cc4)cc3)cc2)cc1. The van der Waals surface area contributed by atoms with Crippen molar-refractivity contribution in [3.8, 4) is 28.7 Å². The predicted octanol–water partition coefficient (Wildman–Crippen LogP) is 10.8. The summed E-state index contributed by atoms with van der Waals surface area (Å²) in [6.07, 6.45) is 0. The first-order valence-electron chi connectivity index (χ1n) is 17.8. The molecule has 5 heteroatoms. The lowest BCUT2D eigenvalue weighted by Gasteiger charge is -2.27. The molecule has 0 unspecified atom stereocenters. The molecule has 6 rings (SSSR count). The lowest BCUT2D eigenvalue weighted by molar-refractivity contribution is 0.414. The van der Waals surface area contributed by atoms with E-state index in [-0.39, 0.29) is 16.2 Å². The van der Waals surface area contributed by atoms with Gasteiger partial charge in [0.25, 0.3) is 0 Å². The third kappa shape index (κ3) is 7.89. The highest BCUT2D eigenvalue weighted by Gasteiger charge is 2.25. The fraction of sp³-hybridized carbons (Fsp3) is 0.234. The molecule has 0 aliphatic heterocycles. The number of benzene rings is 6. The van der Waals surface area contributed by atoms with Crippen molar-refractivity contribution in [1.29, 1.82) is 0 Å². The summed E-state index contributed by atoms with van der Waals surface area (Å²) in [5.74, 6) is 4.14. The van der Waals surface area contributed by atoms with E-state index in [0.717, 1.165) is 34.2 Å². The number of methoxy groups -OCH3 is 2. The highest BCUT2D eigenvalue weighted by molar-refractivity contribution is 6.47. The minimum Gasteiger partial charge on any atom is -0.558 e. The van der Waals surface area contributed by atoms with Crippen molar-refractivity contribution in [2.75, 3.05) is 14.2 Å². The molecule has 0 aromatic heterocycles. The Morgan fingerprint density at radius 1 is 0.327 bits per heavy atom. The fourth-order valence-corrected chi connectivity index (χ4v) is 6.60. The predicted molar refractivity (Wildman–Crippen MR) is 214 cm³/mol. The lowest BCUT2D eigenvalue weighted by Crippen LogP contribution is -2.23. The van der Waals surface area contributed by atoms with Crippen molar-refractivity contribution in [3.05, 3.63) is 179 Å². The maximum Gasteiger partial charge on any atom is 0.408 e. The van der Waals surface area contributed by atoms with E-state index in [1.54, 1.807) is 21.7 Å². The van der Waals surface area contributed by atoms with Crippen LogP contribution in [0.1, 0.15) is 74.9 Å². The zero-order valence-corrected chi connectivity index (χ0v) is 31.6. The van der Waals surface area contributed by atoms with Gasteiger partial charge < -0.3 is 18.9 Å². The monoisotopic (exact) mass is 687 g/mol. The van der Waals surface area contributed by atoms with Crippen LogP contribution in [0, 0.1) is 0 Å². The molecule has 0 aliphatic rings. The summed E-state index contributed by atoms with van der Waals surface area (Å²) in [7, 11) is 5.18. The van der Waals surface area contributed by atoms with E-state index in [2.05, 4.69) is 126 Å². The summed E-state index contributed by atoms with van der Waals surface area (Å²) in [6, 6.07) is 50.2. The summed E-state index contributed by atoms with van der Waals surface area (Å²) in [5.41, 5.74) is 7.84. The number of hydrogen-bond donors (Lipinski definition) is 0. The van der Waals surface area contributed by atoms with Gasteiger partial charge in [0.05, 0.1) is 20.0 Å². The molecule has 0 saturated carbocycles. The first kappa shape index (κ1) is 36.4. The Hall–Kier alpha value is -5.42. The van der Waals surface area contributed by atoms with Crippen molar-refractivity contribution < 1.29 is 18.9 Å². The maximum atomic E-state index is 6.25. The van der Waals surface area contributed by atoms with E-state index in [9.17, 15) is 0 Å². The van der Waals surface area contributed by atoms with Gasteiger partial charge in [0.2, 0.25) is 0 Å². The molecule has 0 spiro atoms. The first-order valence-corrected chi connectivity index (χ1v) is 17.8. The number of hydrogen-bond acceptors (Lipinski definition) is 4. The summed E-state index contributed by atoms with van der Waals surface area (Å²) >= 11 is 0. The third-order valence-electron chi connectivity index (χ3n) is 10.6. The highest BCUT2D eigenvalue weighted by Crippen LogP contribution is 2.36. The average molecular weight is 688 g/mol. The molecular weight excluding hydrogens is 639 g/mol. The number of ether oxygens (including phenoxy) is 3. The van der Waals surface area contributed by atoms with E-state index < -0.39 is 0 Å². The molecule has 6 aromatic carbocycles. The summed E-state index contributed by atoms with van der Waals surface area (Å²) in [6.45, 7) is 13.4. The molecule has 0 aliphatic carbocycles. The zero-order valence-electron chi connectivity index (χ0n) is 31.6. The van der Waals surface area contributed by atoms with Crippen LogP contribution in [-0.2, 0) is 16.2 Å². The Morgan fingerprint density at radius 3 is 0.865 bits per heavy atom. The fourth-order valence-electron chi connectivity index (χ4n) is 6.60. The Bertz CT molecular complexity index is 2040. The van der Waals surface area contributed by atoms with E-state index in [1.165, 1.54) is 33.4 Å². The van der Waals surface area contributed by atoms with Gasteiger partial charge in [-0.2, -0.15) is 0 Å². The normalized spacial score (nSPS) is 11.8. The molecule has 0 amide bonds. The second-order valence-corrected chi connectivity index (χ2v) is 14.9. The van der Waals surface area contributed by atoms with Crippen molar-refractivity contribution >= 4 is 12.9 Å². The van der Waals surface area contributed by atoms with Gasteiger partial charge in [-0.15, -0.1) is 0 Å². The minimum absolute atomic E-state index is 0.145. The van der Waals surface area contributed by atoms with Crippen LogP contribution in [0.15, 0.2) is 146 Å². The number of rotatable bonds is 13. The molecule has 0 atom stereocenters. The quantitative estimate of drug-likeness (QED) is 0.113. The summed E-state index contributed by atoms with van der Waals surface area (Å²) in [4.78, 5) is 0. The standard InChI is InChI=1S/C47H48BO4/c1-45(2,36-15-27-42(28-16-36)51-43-29-17-37(18-30-43)46(3,4)34-11-23-40(49-7)24-12-34)33-9-21-39(22-10-33)48-52-44-31-19-38(20-32-44)47(5,6)35-13-25-41(50-8)26-14-35/h9-32H,1-8H3. The van der Waals surface area contributed by atoms with Crippen molar-refractivity contribution in [1.82, 2.24) is 0 Å². The second kappa shape index (κ2) is 15.1. The Labute approximate surface area is 310 Å². The van der Waals surface area contributed by atoms with Gasteiger partial charge >= 0.3 is 7.48 Å². The molecule has 4 nitrogen and oxygen atoms in total. The molecule has 0 bridgehead atoms. The summed E-state index contributed by atoms with van der Waals surface area (Å²) in [5, 5.41) is 0. The van der Waals surface area contributed by atoms with Gasteiger partial charge in [-0.05, 0) is 99.5 Å². The van der Waals surface area contributed by atoms with Crippen LogP contribution in [0.5, 0.6) is 28.7 Å². The van der Waals surface area contributed by atoms with Crippen LogP contribution in [0.2, 0.25) is 0 Å². The van der Waals surface area contributed by atoms with Gasteiger partial charge in [0.1, 0.15) is 23.0 Å².